The van der Waals surface area contributed by atoms with Crippen molar-refractivity contribution in [3.63, 3.8) is 0 Å². The van der Waals surface area contributed by atoms with Gasteiger partial charge < -0.3 is 14.9 Å². The fraction of sp³-hybridized carbons (Fsp3) is 0.944. The van der Waals surface area contributed by atoms with Crippen LogP contribution in [-0.4, -0.2) is 34.5 Å². The van der Waals surface area contributed by atoms with Gasteiger partial charge in [0.05, 0.1) is 12.2 Å². The number of aliphatic carboxylic acids is 1. The lowest BCUT2D eigenvalue weighted by Gasteiger charge is -2.07. The van der Waals surface area contributed by atoms with Crippen LogP contribution < -0.4 is 0 Å². The Kier molecular flexibility index (Phi) is 10.5. The molecule has 4 nitrogen and oxygen atoms in total. The van der Waals surface area contributed by atoms with Crippen LogP contribution in [0.15, 0.2) is 0 Å². The molecule has 1 fully saturated rings. The van der Waals surface area contributed by atoms with Gasteiger partial charge in [0.1, 0.15) is 6.10 Å². The minimum atomic E-state index is -0.690. The van der Waals surface area contributed by atoms with Crippen molar-refractivity contribution >= 4 is 5.97 Å². The SMILES string of the molecule is CCCCCC1OC1C(O)CCCCCCCCCC(=O)O. The Morgan fingerprint density at radius 1 is 1.00 bits per heavy atom. The van der Waals surface area contributed by atoms with Crippen LogP contribution in [0.5, 0.6) is 0 Å². The number of hydrogen-bond donors (Lipinski definition) is 2. The molecule has 0 aliphatic carbocycles. The summed E-state index contributed by atoms with van der Waals surface area (Å²) >= 11 is 0. The van der Waals surface area contributed by atoms with E-state index in [0.717, 1.165) is 44.9 Å². The van der Waals surface area contributed by atoms with Gasteiger partial charge in [-0.2, -0.15) is 0 Å². The molecule has 0 radical (unpaired) electrons. The zero-order valence-electron chi connectivity index (χ0n) is 14.1. The average molecular weight is 314 g/mol. The molecule has 1 heterocycles. The molecule has 2 N–H and O–H groups in total. The van der Waals surface area contributed by atoms with Crippen molar-refractivity contribution in [3.8, 4) is 0 Å². The number of rotatable bonds is 15. The van der Waals surface area contributed by atoms with Crippen molar-refractivity contribution in [1.82, 2.24) is 0 Å². The maximum absolute atomic E-state index is 10.4. The standard InChI is InChI=1S/C18H34O4/c1-2-3-9-13-16-18(22-16)15(19)12-10-7-5-4-6-8-11-14-17(20)21/h15-16,18-19H,2-14H2,1H3,(H,20,21). The third kappa shape index (κ3) is 9.42. The number of aliphatic hydroxyl groups is 1. The average Bonchev–Trinajstić information content (AvgIpc) is 3.25. The van der Waals surface area contributed by atoms with Gasteiger partial charge in [-0.05, 0) is 19.3 Å². The first-order chi connectivity index (χ1) is 10.6. The predicted octanol–water partition coefficient (Wildman–Crippen LogP) is 4.29. The highest BCUT2D eigenvalue weighted by Gasteiger charge is 2.42. The molecule has 0 amide bonds. The minimum absolute atomic E-state index is 0.105. The van der Waals surface area contributed by atoms with E-state index in [9.17, 15) is 9.90 Å². The van der Waals surface area contributed by atoms with Crippen LogP contribution in [0.2, 0.25) is 0 Å². The lowest BCUT2D eigenvalue weighted by molar-refractivity contribution is -0.137. The van der Waals surface area contributed by atoms with Crippen molar-refractivity contribution in [1.29, 1.82) is 0 Å². The van der Waals surface area contributed by atoms with Crippen LogP contribution in [0.4, 0.5) is 0 Å². The summed E-state index contributed by atoms with van der Waals surface area (Å²) in [6, 6.07) is 0. The van der Waals surface area contributed by atoms with Gasteiger partial charge in [0.15, 0.2) is 0 Å². The van der Waals surface area contributed by atoms with Crippen LogP contribution in [0.25, 0.3) is 0 Å². The Labute approximate surface area is 135 Å². The molecule has 1 aliphatic rings. The van der Waals surface area contributed by atoms with Gasteiger partial charge >= 0.3 is 5.97 Å². The van der Waals surface area contributed by atoms with Crippen molar-refractivity contribution in [2.45, 2.75) is 109 Å². The summed E-state index contributed by atoms with van der Waals surface area (Å²) in [5.74, 6) is -0.690. The summed E-state index contributed by atoms with van der Waals surface area (Å²) < 4.78 is 5.57. The fourth-order valence-electron chi connectivity index (χ4n) is 3.00. The maximum Gasteiger partial charge on any atom is 0.303 e. The molecule has 0 aromatic rings. The number of epoxide rings is 1. The van der Waals surface area contributed by atoms with Crippen LogP contribution in [0.3, 0.4) is 0 Å². The summed E-state index contributed by atoms with van der Waals surface area (Å²) in [4.78, 5) is 10.4. The molecule has 0 aromatic carbocycles. The highest BCUT2D eigenvalue weighted by molar-refractivity contribution is 5.66. The van der Waals surface area contributed by atoms with Crippen molar-refractivity contribution in [2.75, 3.05) is 0 Å². The highest BCUT2D eigenvalue weighted by Crippen LogP contribution is 2.32. The second-order valence-electron chi connectivity index (χ2n) is 6.61. The molecule has 3 atom stereocenters. The van der Waals surface area contributed by atoms with Gasteiger partial charge in [-0.25, -0.2) is 0 Å². The van der Waals surface area contributed by atoms with Crippen molar-refractivity contribution in [3.05, 3.63) is 0 Å². The summed E-state index contributed by atoms with van der Waals surface area (Å²) in [5.41, 5.74) is 0. The van der Waals surface area contributed by atoms with Gasteiger partial charge in [0, 0.05) is 6.42 Å². The van der Waals surface area contributed by atoms with E-state index < -0.39 is 5.97 Å². The molecule has 0 aromatic heterocycles. The van der Waals surface area contributed by atoms with Crippen molar-refractivity contribution < 1.29 is 19.7 Å². The second kappa shape index (κ2) is 11.9. The third-order valence-corrected chi connectivity index (χ3v) is 4.48. The number of unbranched alkanes of at least 4 members (excludes halogenated alkanes) is 8. The quantitative estimate of drug-likeness (QED) is 0.349. The topological polar surface area (TPSA) is 70.1 Å². The molecular weight excluding hydrogens is 280 g/mol. The first-order valence-corrected chi connectivity index (χ1v) is 9.20. The summed E-state index contributed by atoms with van der Waals surface area (Å²) in [7, 11) is 0. The third-order valence-electron chi connectivity index (χ3n) is 4.48. The van der Waals surface area contributed by atoms with Gasteiger partial charge in [-0.15, -0.1) is 0 Å². The number of ether oxygens (including phenoxy) is 1. The van der Waals surface area contributed by atoms with Crippen LogP contribution in [0.1, 0.15) is 90.4 Å². The number of carboxylic acids is 1. The fourth-order valence-corrected chi connectivity index (χ4v) is 3.00. The molecule has 130 valence electrons. The maximum atomic E-state index is 10.4. The number of aliphatic hydroxyl groups excluding tert-OH is 1. The van der Waals surface area contributed by atoms with Crippen LogP contribution in [-0.2, 0) is 9.53 Å². The van der Waals surface area contributed by atoms with E-state index >= 15 is 0 Å². The van der Waals surface area contributed by atoms with Gasteiger partial charge in [-0.3, -0.25) is 4.79 Å². The first kappa shape index (κ1) is 19.4. The molecular formula is C18H34O4. The highest BCUT2D eigenvalue weighted by atomic mass is 16.6. The van der Waals surface area contributed by atoms with E-state index in [-0.39, 0.29) is 12.2 Å². The Hall–Kier alpha value is -0.610. The van der Waals surface area contributed by atoms with Crippen molar-refractivity contribution in [2.24, 2.45) is 0 Å². The second-order valence-corrected chi connectivity index (χ2v) is 6.61. The normalized spacial score (nSPS) is 21.7. The van der Waals surface area contributed by atoms with E-state index in [1.807, 2.05) is 0 Å². The summed E-state index contributed by atoms with van der Waals surface area (Å²) in [6.45, 7) is 2.20. The van der Waals surface area contributed by atoms with E-state index in [4.69, 9.17) is 9.84 Å². The smallest absolute Gasteiger partial charge is 0.303 e. The molecule has 0 spiro atoms. The molecule has 4 heteroatoms. The zero-order valence-corrected chi connectivity index (χ0v) is 14.1. The Morgan fingerprint density at radius 3 is 2.27 bits per heavy atom. The predicted molar refractivity (Wildman–Crippen MR) is 88.0 cm³/mol. The van der Waals surface area contributed by atoms with Crippen LogP contribution in [0, 0.1) is 0 Å². The lowest BCUT2D eigenvalue weighted by Crippen LogP contribution is -2.16. The van der Waals surface area contributed by atoms with E-state index in [0.29, 0.717) is 12.5 Å². The Bertz CT molecular complexity index is 293. The van der Waals surface area contributed by atoms with Crippen LogP contribution >= 0.6 is 0 Å². The van der Waals surface area contributed by atoms with E-state index in [2.05, 4.69) is 6.92 Å². The molecule has 0 saturated carbocycles. The minimum Gasteiger partial charge on any atom is -0.481 e. The molecule has 1 aliphatic heterocycles. The number of carbonyl (C=O) groups is 1. The summed E-state index contributed by atoms with van der Waals surface area (Å²) in [5, 5.41) is 18.6. The molecule has 3 unspecified atom stereocenters. The van der Waals surface area contributed by atoms with Gasteiger partial charge in [0.25, 0.3) is 0 Å². The molecule has 22 heavy (non-hydrogen) atoms. The number of hydrogen-bond acceptors (Lipinski definition) is 3. The molecule has 1 rings (SSSR count). The summed E-state index contributed by atoms with van der Waals surface area (Å²) in [6.07, 6.45) is 13.6. The van der Waals surface area contributed by atoms with E-state index in [1.165, 1.54) is 32.1 Å². The monoisotopic (exact) mass is 314 g/mol. The number of carboxylic acid groups (broad SMARTS) is 1. The first-order valence-electron chi connectivity index (χ1n) is 9.20. The lowest BCUT2D eigenvalue weighted by atomic mass is 10.0. The van der Waals surface area contributed by atoms with E-state index in [1.54, 1.807) is 0 Å². The Morgan fingerprint density at radius 2 is 1.64 bits per heavy atom. The molecule has 0 bridgehead atoms. The van der Waals surface area contributed by atoms with Gasteiger partial charge in [-0.1, -0.05) is 64.7 Å². The largest absolute Gasteiger partial charge is 0.481 e. The van der Waals surface area contributed by atoms with Gasteiger partial charge in [0.2, 0.25) is 0 Å². The molecule has 1 saturated heterocycles. The zero-order chi connectivity index (χ0) is 16.2. The Balaban J connectivity index is 1.84.